The van der Waals surface area contributed by atoms with Gasteiger partial charge in [0.25, 0.3) is 5.91 Å². The minimum Gasteiger partial charge on any atom is -0.481 e. The number of amides is 1. The largest absolute Gasteiger partial charge is 0.481 e. The summed E-state index contributed by atoms with van der Waals surface area (Å²) in [7, 11) is 0. The van der Waals surface area contributed by atoms with Crippen LogP contribution in [0.15, 0.2) is 16.8 Å². The minimum absolute atomic E-state index is 0.171. The van der Waals surface area contributed by atoms with E-state index in [4.69, 9.17) is 0 Å². The molecular weight excluding hydrogens is 238 g/mol. The summed E-state index contributed by atoms with van der Waals surface area (Å²) in [4.78, 5) is 22.9. The van der Waals surface area contributed by atoms with Crippen LogP contribution in [-0.4, -0.2) is 23.5 Å². The maximum atomic E-state index is 11.7. The van der Waals surface area contributed by atoms with Gasteiger partial charge in [0.05, 0.1) is 5.41 Å². The summed E-state index contributed by atoms with van der Waals surface area (Å²) in [6.07, 6.45) is 1.01. The maximum Gasteiger partial charge on any atom is 0.311 e. The molecule has 0 spiro atoms. The molecule has 5 heteroatoms. The third-order valence-electron chi connectivity index (χ3n) is 3.18. The summed E-state index contributed by atoms with van der Waals surface area (Å²) < 4.78 is 0. The second-order valence-corrected chi connectivity index (χ2v) is 4.77. The van der Waals surface area contributed by atoms with Gasteiger partial charge in [-0.25, -0.2) is 0 Å². The van der Waals surface area contributed by atoms with E-state index in [1.165, 1.54) is 11.3 Å². The van der Waals surface area contributed by atoms with E-state index in [9.17, 15) is 14.7 Å². The molecule has 0 atom stereocenters. The lowest BCUT2D eigenvalue weighted by molar-refractivity contribution is -0.149. The summed E-state index contributed by atoms with van der Waals surface area (Å²) >= 11 is 1.44. The van der Waals surface area contributed by atoms with E-state index < -0.39 is 11.4 Å². The van der Waals surface area contributed by atoms with Gasteiger partial charge in [-0.1, -0.05) is 13.8 Å². The van der Waals surface area contributed by atoms with Gasteiger partial charge in [0.2, 0.25) is 0 Å². The predicted octanol–water partition coefficient (Wildman–Crippen LogP) is 2.37. The quantitative estimate of drug-likeness (QED) is 0.820. The summed E-state index contributed by atoms with van der Waals surface area (Å²) in [5.74, 6) is -1.06. The zero-order chi connectivity index (χ0) is 12.9. The van der Waals surface area contributed by atoms with Gasteiger partial charge in [0.1, 0.15) is 0 Å². The molecule has 1 rings (SSSR count). The Morgan fingerprint density at radius 1 is 1.41 bits per heavy atom. The van der Waals surface area contributed by atoms with Gasteiger partial charge in [0.15, 0.2) is 0 Å². The molecule has 0 aliphatic rings. The third-order valence-corrected chi connectivity index (χ3v) is 3.86. The standard InChI is InChI=1S/C12H17NO3S/c1-3-12(4-2,11(15)16)8-13-10(14)9-5-6-17-7-9/h5-7H,3-4,8H2,1-2H3,(H,13,14)(H,15,16). The molecule has 17 heavy (non-hydrogen) atoms. The molecule has 1 aromatic rings. The van der Waals surface area contributed by atoms with Gasteiger partial charge in [-0.15, -0.1) is 0 Å². The summed E-state index contributed by atoms with van der Waals surface area (Å²) in [6, 6.07) is 1.72. The van der Waals surface area contributed by atoms with E-state index in [1.54, 1.807) is 11.4 Å². The molecule has 4 nitrogen and oxygen atoms in total. The number of rotatable bonds is 6. The lowest BCUT2D eigenvalue weighted by atomic mass is 9.82. The molecule has 0 bridgehead atoms. The van der Waals surface area contributed by atoms with Crippen molar-refractivity contribution < 1.29 is 14.7 Å². The van der Waals surface area contributed by atoms with E-state index in [1.807, 2.05) is 19.2 Å². The average Bonchev–Trinajstić information content (AvgIpc) is 2.84. The first-order valence-corrected chi connectivity index (χ1v) is 6.54. The van der Waals surface area contributed by atoms with Crippen molar-refractivity contribution in [3.8, 4) is 0 Å². The average molecular weight is 255 g/mol. The molecule has 0 fully saturated rings. The number of carbonyl (C=O) groups is 2. The molecule has 0 aromatic carbocycles. The Kier molecular flexibility index (Phi) is 4.69. The highest BCUT2D eigenvalue weighted by atomic mass is 32.1. The topological polar surface area (TPSA) is 66.4 Å². The monoisotopic (exact) mass is 255 g/mol. The zero-order valence-electron chi connectivity index (χ0n) is 10.0. The van der Waals surface area contributed by atoms with E-state index in [2.05, 4.69) is 5.32 Å². The van der Waals surface area contributed by atoms with Gasteiger partial charge in [-0.2, -0.15) is 11.3 Å². The second-order valence-electron chi connectivity index (χ2n) is 3.99. The van der Waals surface area contributed by atoms with E-state index in [0.29, 0.717) is 18.4 Å². The van der Waals surface area contributed by atoms with Crippen LogP contribution in [0.25, 0.3) is 0 Å². The van der Waals surface area contributed by atoms with Gasteiger partial charge in [0, 0.05) is 17.5 Å². The highest BCUT2D eigenvalue weighted by Crippen LogP contribution is 2.25. The van der Waals surface area contributed by atoms with Crippen molar-refractivity contribution in [3.63, 3.8) is 0 Å². The molecule has 0 saturated carbocycles. The van der Waals surface area contributed by atoms with Crippen molar-refractivity contribution in [1.82, 2.24) is 5.32 Å². The Hall–Kier alpha value is -1.36. The molecule has 1 heterocycles. The third kappa shape index (κ3) is 3.06. The SMILES string of the molecule is CCC(CC)(CNC(=O)c1ccsc1)C(=O)O. The van der Waals surface area contributed by atoms with Gasteiger partial charge >= 0.3 is 5.97 Å². The Morgan fingerprint density at radius 3 is 2.47 bits per heavy atom. The highest BCUT2D eigenvalue weighted by molar-refractivity contribution is 7.08. The van der Waals surface area contributed by atoms with Crippen LogP contribution in [0.2, 0.25) is 0 Å². The lowest BCUT2D eigenvalue weighted by Crippen LogP contribution is -2.42. The van der Waals surface area contributed by atoms with Crippen LogP contribution in [-0.2, 0) is 4.79 Å². The van der Waals surface area contributed by atoms with Crippen LogP contribution >= 0.6 is 11.3 Å². The first kappa shape index (κ1) is 13.7. The minimum atomic E-state index is -0.855. The molecule has 0 aliphatic heterocycles. The van der Waals surface area contributed by atoms with Crippen molar-refractivity contribution >= 4 is 23.2 Å². The fraction of sp³-hybridized carbons (Fsp3) is 0.500. The van der Waals surface area contributed by atoms with Crippen LogP contribution in [0.1, 0.15) is 37.0 Å². The van der Waals surface area contributed by atoms with Crippen molar-refractivity contribution in [1.29, 1.82) is 0 Å². The van der Waals surface area contributed by atoms with Gasteiger partial charge in [-0.3, -0.25) is 9.59 Å². The summed E-state index contributed by atoms with van der Waals surface area (Å²) in [6.45, 7) is 3.83. The fourth-order valence-electron chi connectivity index (χ4n) is 1.62. The number of nitrogens with one attached hydrogen (secondary N) is 1. The fourth-order valence-corrected chi connectivity index (χ4v) is 2.26. The lowest BCUT2D eigenvalue weighted by Gasteiger charge is -2.26. The number of hydrogen-bond donors (Lipinski definition) is 2. The Morgan fingerprint density at radius 2 is 2.06 bits per heavy atom. The van der Waals surface area contributed by atoms with Crippen LogP contribution in [0, 0.1) is 5.41 Å². The normalized spacial score (nSPS) is 11.2. The molecule has 0 radical (unpaired) electrons. The first-order chi connectivity index (χ1) is 8.05. The highest BCUT2D eigenvalue weighted by Gasteiger charge is 2.35. The van der Waals surface area contributed by atoms with Gasteiger partial charge < -0.3 is 10.4 Å². The Balaban J connectivity index is 2.65. The smallest absolute Gasteiger partial charge is 0.311 e. The van der Waals surface area contributed by atoms with Crippen LogP contribution in [0.3, 0.4) is 0 Å². The summed E-state index contributed by atoms with van der Waals surface area (Å²) in [5.41, 5.74) is -0.271. The molecule has 1 amide bonds. The van der Waals surface area contributed by atoms with Crippen LogP contribution in [0.5, 0.6) is 0 Å². The van der Waals surface area contributed by atoms with E-state index >= 15 is 0 Å². The Labute approximate surface area is 105 Å². The molecule has 0 unspecified atom stereocenters. The second kappa shape index (κ2) is 5.82. The maximum absolute atomic E-state index is 11.7. The van der Waals surface area contributed by atoms with Crippen LogP contribution < -0.4 is 5.32 Å². The Bertz CT molecular complexity index is 382. The molecule has 94 valence electrons. The number of carboxylic acids is 1. The number of hydrogen-bond acceptors (Lipinski definition) is 3. The molecule has 0 saturated heterocycles. The van der Waals surface area contributed by atoms with E-state index in [0.717, 1.165) is 0 Å². The summed E-state index contributed by atoms with van der Waals surface area (Å²) in [5, 5.41) is 15.5. The molecular formula is C12H17NO3S. The van der Waals surface area contributed by atoms with Crippen LogP contribution in [0.4, 0.5) is 0 Å². The first-order valence-electron chi connectivity index (χ1n) is 5.59. The van der Waals surface area contributed by atoms with E-state index in [-0.39, 0.29) is 12.5 Å². The number of carbonyl (C=O) groups excluding carboxylic acids is 1. The molecule has 0 aliphatic carbocycles. The van der Waals surface area contributed by atoms with Crippen molar-refractivity contribution in [2.24, 2.45) is 5.41 Å². The van der Waals surface area contributed by atoms with Crippen molar-refractivity contribution in [2.75, 3.05) is 6.54 Å². The van der Waals surface area contributed by atoms with Crippen molar-refractivity contribution in [2.45, 2.75) is 26.7 Å². The zero-order valence-corrected chi connectivity index (χ0v) is 10.8. The number of thiophene rings is 1. The molecule has 2 N–H and O–H groups in total. The number of carboxylic acid groups (broad SMARTS) is 1. The molecule has 1 aromatic heterocycles. The number of aliphatic carboxylic acids is 1. The van der Waals surface area contributed by atoms with Gasteiger partial charge in [-0.05, 0) is 24.3 Å². The predicted molar refractivity (Wildman–Crippen MR) is 67.3 cm³/mol. The van der Waals surface area contributed by atoms with Crippen molar-refractivity contribution in [3.05, 3.63) is 22.4 Å².